The fourth-order valence-electron chi connectivity index (χ4n) is 4.22. The lowest BCUT2D eigenvalue weighted by Gasteiger charge is -2.26. The summed E-state index contributed by atoms with van der Waals surface area (Å²) in [5.74, 6) is -1.25. The van der Waals surface area contributed by atoms with Gasteiger partial charge >= 0.3 is 0 Å². The number of nitrogens with zero attached hydrogens (tertiary/aromatic N) is 2. The Morgan fingerprint density at radius 1 is 0.971 bits per heavy atom. The van der Waals surface area contributed by atoms with Gasteiger partial charge in [-0.3, -0.25) is 14.5 Å². The van der Waals surface area contributed by atoms with Gasteiger partial charge in [0.2, 0.25) is 0 Å². The minimum Gasteiger partial charge on any atom is -0.507 e. The smallest absolute Gasteiger partial charge is 0.300 e. The number of benzene rings is 3. The van der Waals surface area contributed by atoms with Crippen molar-refractivity contribution in [3.05, 3.63) is 93.5 Å². The van der Waals surface area contributed by atoms with Gasteiger partial charge in [0.05, 0.1) is 23.7 Å². The highest BCUT2D eigenvalue weighted by molar-refractivity contribution is 6.51. The third kappa shape index (κ3) is 4.37. The molecule has 1 atom stereocenters. The summed E-state index contributed by atoms with van der Waals surface area (Å²) in [4.78, 5) is 30.0. The number of aryl methyl sites for hydroxylation is 2. The zero-order valence-electron chi connectivity index (χ0n) is 20.3. The molecule has 0 saturated carbocycles. The summed E-state index contributed by atoms with van der Waals surface area (Å²) < 4.78 is 5.24. The van der Waals surface area contributed by atoms with E-state index in [1.807, 2.05) is 69.2 Å². The minimum absolute atomic E-state index is 0.0304. The summed E-state index contributed by atoms with van der Waals surface area (Å²) >= 11 is 6.35. The number of methoxy groups -OCH3 is 1. The maximum atomic E-state index is 13.3. The summed E-state index contributed by atoms with van der Waals surface area (Å²) in [6.07, 6.45) is 0. The van der Waals surface area contributed by atoms with Crippen LogP contribution in [-0.2, 0) is 9.59 Å². The summed E-state index contributed by atoms with van der Waals surface area (Å²) in [5.41, 5.74) is 4.62. The van der Waals surface area contributed by atoms with E-state index in [2.05, 4.69) is 0 Å². The molecule has 6 nitrogen and oxygen atoms in total. The number of ether oxygens (including phenoxy) is 1. The van der Waals surface area contributed by atoms with Gasteiger partial charge in [0, 0.05) is 31.0 Å². The highest BCUT2D eigenvalue weighted by Crippen LogP contribution is 2.44. The molecule has 180 valence electrons. The van der Waals surface area contributed by atoms with Gasteiger partial charge in [-0.05, 0) is 66.9 Å². The van der Waals surface area contributed by atoms with E-state index in [1.165, 1.54) is 12.0 Å². The number of hydrogen-bond donors (Lipinski definition) is 1. The molecule has 4 rings (SSSR count). The first-order valence-corrected chi connectivity index (χ1v) is 11.5. The second-order valence-electron chi connectivity index (χ2n) is 8.77. The third-order valence-electron chi connectivity index (χ3n) is 6.36. The monoisotopic (exact) mass is 490 g/mol. The van der Waals surface area contributed by atoms with Gasteiger partial charge < -0.3 is 14.7 Å². The molecule has 1 saturated heterocycles. The molecule has 3 aromatic rings. The molecule has 0 radical (unpaired) electrons. The van der Waals surface area contributed by atoms with Crippen LogP contribution in [0.15, 0.2) is 66.2 Å². The number of hydrogen-bond acceptors (Lipinski definition) is 5. The quantitative estimate of drug-likeness (QED) is 0.284. The van der Waals surface area contributed by atoms with E-state index in [1.54, 1.807) is 24.3 Å². The summed E-state index contributed by atoms with van der Waals surface area (Å²) in [7, 11) is 5.36. The molecular formula is C28H27ClN2O4. The van der Waals surface area contributed by atoms with E-state index in [9.17, 15) is 14.7 Å². The zero-order valence-corrected chi connectivity index (χ0v) is 21.1. The van der Waals surface area contributed by atoms with Crippen LogP contribution in [0.25, 0.3) is 5.76 Å². The van der Waals surface area contributed by atoms with Gasteiger partial charge in [0.15, 0.2) is 0 Å². The molecule has 1 unspecified atom stereocenters. The van der Waals surface area contributed by atoms with Crippen LogP contribution in [0.2, 0.25) is 5.02 Å². The van der Waals surface area contributed by atoms with Crippen molar-refractivity contribution in [2.75, 3.05) is 31.0 Å². The average molecular weight is 491 g/mol. The van der Waals surface area contributed by atoms with Crippen molar-refractivity contribution < 1.29 is 19.4 Å². The van der Waals surface area contributed by atoms with E-state index < -0.39 is 17.7 Å². The summed E-state index contributed by atoms with van der Waals surface area (Å²) in [6, 6.07) is 17.1. The first kappa shape index (κ1) is 24.4. The minimum atomic E-state index is -0.836. The SMILES string of the molecule is COc1ccc(N2C(=O)C(=O)/C(=C(/O)c3ccc(C)c(C)c3)C2c2ccc(N(C)C)cc2)cc1Cl. The molecule has 1 aliphatic heterocycles. The second-order valence-corrected chi connectivity index (χ2v) is 9.18. The molecule has 1 amide bonds. The van der Waals surface area contributed by atoms with E-state index in [-0.39, 0.29) is 11.3 Å². The zero-order chi connectivity index (χ0) is 25.4. The van der Waals surface area contributed by atoms with Gasteiger partial charge in [-0.25, -0.2) is 0 Å². The number of aliphatic hydroxyl groups excluding tert-OH is 1. The van der Waals surface area contributed by atoms with E-state index in [4.69, 9.17) is 16.3 Å². The Labute approximate surface area is 210 Å². The lowest BCUT2D eigenvalue weighted by atomic mass is 9.94. The van der Waals surface area contributed by atoms with Crippen LogP contribution >= 0.6 is 11.6 Å². The van der Waals surface area contributed by atoms with E-state index in [0.717, 1.165) is 16.8 Å². The largest absolute Gasteiger partial charge is 0.507 e. The van der Waals surface area contributed by atoms with Crippen molar-refractivity contribution in [3.63, 3.8) is 0 Å². The molecule has 1 heterocycles. The molecule has 35 heavy (non-hydrogen) atoms. The second kappa shape index (κ2) is 9.47. The molecule has 1 aliphatic rings. The first-order valence-electron chi connectivity index (χ1n) is 11.1. The number of anilines is 2. The maximum absolute atomic E-state index is 13.3. The highest BCUT2D eigenvalue weighted by atomic mass is 35.5. The average Bonchev–Trinajstić information content (AvgIpc) is 3.10. The number of rotatable bonds is 5. The van der Waals surface area contributed by atoms with Crippen molar-refractivity contribution in [1.82, 2.24) is 0 Å². The highest BCUT2D eigenvalue weighted by Gasteiger charge is 2.47. The van der Waals surface area contributed by atoms with Crippen LogP contribution in [0.5, 0.6) is 5.75 Å². The van der Waals surface area contributed by atoms with Gasteiger partial charge in [0.1, 0.15) is 11.5 Å². The lowest BCUT2D eigenvalue weighted by molar-refractivity contribution is -0.132. The Morgan fingerprint density at radius 3 is 2.23 bits per heavy atom. The topological polar surface area (TPSA) is 70.1 Å². The number of Topliss-reactive ketones (excluding diaryl/α,β-unsaturated/α-hetero) is 1. The van der Waals surface area contributed by atoms with Crippen molar-refractivity contribution in [2.24, 2.45) is 0 Å². The molecule has 3 aromatic carbocycles. The van der Waals surface area contributed by atoms with Crippen LogP contribution in [0, 0.1) is 13.8 Å². The summed E-state index contributed by atoms with van der Waals surface area (Å²) in [6.45, 7) is 3.90. The molecule has 0 aliphatic carbocycles. The fourth-order valence-corrected chi connectivity index (χ4v) is 4.47. The van der Waals surface area contributed by atoms with Crippen LogP contribution in [0.1, 0.15) is 28.3 Å². The van der Waals surface area contributed by atoms with Gasteiger partial charge in [-0.1, -0.05) is 35.9 Å². The molecule has 0 aromatic heterocycles. The predicted molar refractivity (Wildman–Crippen MR) is 139 cm³/mol. The summed E-state index contributed by atoms with van der Waals surface area (Å²) in [5, 5.41) is 11.6. The number of amides is 1. The van der Waals surface area contributed by atoms with Crippen molar-refractivity contribution >= 4 is 40.4 Å². The molecular weight excluding hydrogens is 464 g/mol. The molecule has 1 fully saturated rings. The Balaban J connectivity index is 1.94. The number of carbonyl (C=O) groups is 2. The van der Waals surface area contributed by atoms with Crippen molar-refractivity contribution in [2.45, 2.75) is 19.9 Å². The van der Waals surface area contributed by atoms with E-state index >= 15 is 0 Å². The van der Waals surface area contributed by atoms with Crippen LogP contribution in [-0.4, -0.2) is 38.0 Å². The van der Waals surface area contributed by atoms with Gasteiger partial charge in [-0.15, -0.1) is 0 Å². The molecule has 1 N–H and O–H groups in total. The lowest BCUT2D eigenvalue weighted by Crippen LogP contribution is -2.29. The van der Waals surface area contributed by atoms with Crippen LogP contribution in [0.4, 0.5) is 11.4 Å². The Hall–Kier alpha value is -3.77. The van der Waals surface area contributed by atoms with Crippen LogP contribution in [0.3, 0.4) is 0 Å². The number of halogens is 1. The molecule has 0 bridgehead atoms. The third-order valence-corrected chi connectivity index (χ3v) is 6.66. The standard InChI is InChI=1S/C28H27ClN2O4/c1-16-6-7-19(14-17(16)2)26(32)24-25(18-8-10-20(11-9-18)30(3)4)31(28(34)27(24)33)21-12-13-23(35-5)22(29)15-21/h6-15,25,32H,1-5H3/b26-24+. The fraction of sp³-hybridized carbons (Fsp3) is 0.214. The van der Waals surface area contributed by atoms with E-state index in [0.29, 0.717) is 27.6 Å². The maximum Gasteiger partial charge on any atom is 0.300 e. The van der Waals surface area contributed by atoms with Gasteiger partial charge in [0.25, 0.3) is 11.7 Å². The number of carbonyl (C=O) groups excluding carboxylic acids is 2. The Morgan fingerprint density at radius 2 is 1.66 bits per heavy atom. The number of ketones is 1. The van der Waals surface area contributed by atoms with Crippen molar-refractivity contribution in [3.8, 4) is 5.75 Å². The first-order chi connectivity index (χ1) is 16.6. The Kier molecular flexibility index (Phi) is 6.59. The normalized spacial score (nSPS) is 17.1. The predicted octanol–water partition coefficient (Wildman–Crippen LogP) is 5.66. The Bertz CT molecular complexity index is 1350. The van der Waals surface area contributed by atoms with Crippen molar-refractivity contribution in [1.29, 1.82) is 0 Å². The molecule has 7 heteroatoms. The van der Waals surface area contributed by atoms with Crippen LogP contribution < -0.4 is 14.5 Å². The number of aliphatic hydroxyl groups is 1. The van der Waals surface area contributed by atoms with Gasteiger partial charge in [-0.2, -0.15) is 0 Å². The molecule has 0 spiro atoms.